The fourth-order valence-electron chi connectivity index (χ4n) is 4.17. The molecule has 0 atom stereocenters. The minimum atomic E-state index is -0.499. The maximum absolute atomic E-state index is 13.2. The summed E-state index contributed by atoms with van der Waals surface area (Å²) in [5.74, 6) is 1.54. The van der Waals surface area contributed by atoms with Gasteiger partial charge in [0.25, 0.3) is 0 Å². The standard InChI is InChI=1S/C30H30O5/c1-7-33-24-14-10-20(11-15-24)22-16-25(31)27-18(2)34-19(3)28(27)26(17-22)35-29(32)21-8-12-23(13-9-21)30(4,5)6/h8-17H,7H2,1-6H3. The average molecular weight is 471 g/mol. The minimum Gasteiger partial charge on any atom is -0.494 e. The summed E-state index contributed by atoms with van der Waals surface area (Å²) in [6, 6.07) is 18.1. The fourth-order valence-corrected chi connectivity index (χ4v) is 4.17. The summed E-state index contributed by atoms with van der Waals surface area (Å²) in [5.41, 5.74) is 2.78. The number of hydrogen-bond donors (Lipinski definition) is 0. The molecule has 4 aromatic rings. The summed E-state index contributed by atoms with van der Waals surface area (Å²) in [5, 5.41) is 0.912. The van der Waals surface area contributed by atoms with Crippen LogP contribution in [0.1, 0.15) is 55.1 Å². The highest BCUT2D eigenvalue weighted by Crippen LogP contribution is 2.34. The lowest BCUT2D eigenvalue weighted by atomic mass is 9.87. The van der Waals surface area contributed by atoms with E-state index >= 15 is 0 Å². The Morgan fingerprint density at radius 2 is 1.49 bits per heavy atom. The highest BCUT2D eigenvalue weighted by molar-refractivity contribution is 5.97. The van der Waals surface area contributed by atoms with Crippen molar-refractivity contribution in [3.05, 3.63) is 93.5 Å². The summed E-state index contributed by atoms with van der Waals surface area (Å²) in [7, 11) is 0. The molecule has 5 nitrogen and oxygen atoms in total. The maximum atomic E-state index is 13.2. The normalized spacial score (nSPS) is 11.5. The summed E-state index contributed by atoms with van der Waals surface area (Å²) in [4.78, 5) is 26.3. The van der Waals surface area contributed by atoms with Crippen molar-refractivity contribution in [1.29, 1.82) is 0 Å². The summed E-state index contributed by atoms with van der Waals surface area (Å²) in [6.07, 6.45) is 0. The molecule has 0 saturated carbocycles. The molecule has 0 saturated heterocycles. The Labute approximate surface area is 205 Å². The molecule has 0 radical (unpaired) electrons. The van der Waals surface area contributed by atoms with Crippen molar-refractivity contribution in [1.82, 2.24) is 0 Å². The average Bonchev–Trinajstić information content (AvgIpc) is 3.02. The number of ether oxygens (including phenoxy) is 2. The van der Waals surface area contributed by atoms with E-state index in [9.17, 15) is 9.59 Å². The first-order valence-electron chi connectivity index (χ1n) is 11.7. The van der Waals surface area contributed by atoms with E-state index in [1.807, 2.05) is 43.3 Å². The summed E-state index contributed by atoms with van der Waals surface area (Å²) >= 11 is 0. The van der Waals surface area contributed by atoms with Crippen LogP contribution in [0.2, 0.25) is 0 Å². The second kappa shape index (κ2) is 9.41. The molecule has 5 heteroatoms. The van der Waals surface area contributed by atoms with E-state index < -0.39 is 5.97 Å². The number of aryl methyl sites for hydroxylation is 2. The first kappa shape index (κ1) is 24.3. The highest BCUT2D eigenvalue weighted by Gasteiger charge is 2.20. The molecule has 3 aromatic carbocycles. The van der Waals surface area contributed by atoms with Crippen LogP contribution >= 0.6 is 0 Å². The summed E-state index contributed by atoms with van der Waals surface area (Å²) < 4.78 is 17.2. The van der Waals surface area contributed by atoms with Crippen LogP contribution in [0, 0.1) is 13.8 Å². The van der Waals surface area contributed by atoms with Gasteiger partial charge in [0, 0.05) is 0 Å². The maximum Gasteiger partial charge on any atom is 0.343 e. The number of carbonyl (C=O) groups excluding carboxylic acids is 1. The number of furan rings is 1. The van der Waals surface area contributed by atoms with Crippen LogP contribution in [0.5, 0.6) is 11.5 Å². The van der Waals surface area contributed by atoms with Gasteiger partial charge in [-0.15, -0.1) is 0 Å². The van der Waals surface area contributed by atoms with Gasteiger partial charge in [0.2, 0.25) is 0 Å². The zero-order chi connectivity index (χ0) is 25.3. The Balaban J connectivity index is 1.82. The van der Waals surface area contributed by atoms with Crippen molar-refractivity contribution in [2.75, 3.05) is 6.61 Å². The van der Waals surface area contributed by atoms with Crippen molar-refractivity contribution in [2.45, 2.75) is 47.0 Å². The van der Waals surface area contributed by atoms with Crippen LogP contribution < -0.4 is 14.9 Å². The minimum absolute atomic E-state index is 0.0235. The second-order valence-corrected chi connectivity index (χ2v) is 9.61. The number of esters is 1. The second-order valence-electron chi connectivity index (χ2n) is 9.61. The number of benzene rings is 2. The van der Waals surface area contributed by atoms with Gasteiger partial charge in [-0.2, -0.15) is 0 Å². The molecule has 0 N–H and O–H groups in total. The first-order valence-corrected chi connectivity index (χ1v) is 11.7. The Bertz CT molecular complexity index is 1440. The van der Waals surface area contributed by atoms with Crippen molar-refractivity contribution >= 4 is 16.7 Å². The zero-order valence-electron chi connectivity index (χ0n) is 21.0. The van der Waals surface area contributed by atoms with E-state index in [-0.39, 0.29) is 16.6 Å². The molecule has 35 heavy (non-hydrogen) atoms. The molecular formula is C30H30O5. The van der Waals surface area contributed by atoms with E-state index in [0.717, 1.165) is 16.9 Å². The van der Waals surface area contributed by atoms with E-state index in [2.05, 4.69) is 20.8 Å². The van der Waals surface area contributed by atoms with Crippen LogP contribution in [-0.2, 0) is 5.41 Å². The van der Waals surface area contributed by atoms with Crippen LogP contribution in [0.25, 0.3) is 21.9 Å². The molecule has 0 aliphatic carbocycles. The number of carbonyl (C=O) groups is 1. The van der Waals surface area contributed by atoms with Crippen LogP contribution in [0.4, 0.5) is 0 Å². The molecule has 0 aliphatic heterocycles. The molecule has 0 amide bonds. The lowest BCUT2D eigenvalue weighted by molar-refractivity contribution is 0.0737. The molecule has 0 spiro atoms. The van der Waals surface area contributed by atoms with Crippen molar-refractivity contribution in [3.63, 3.8) is 0 Å². The van der Waals surface area contributed by atoms with Gasteiger partial charge in [0.1, 0.15) is 23.0 Å². The number of hydrogen-bond acceptors (Lipinski definition) is 5. The molecule has 0 aliphatic rings. The zero-order valence-corrected chi connectivity index (χ0v) is 21.0. The van der Waals surface area contributed by atoms with Crippen molar-refractivity contribution in [3.8, 4) is 22.6 Å². The molecule has 0 bridgehead atoms. The van der Waals surface area contributed by atoms with E-state index in [1.165, 1.54) is 0 Å². The van der Waals surface area contributed by atoms with Crippen molar-refractivity contribution < 1.29 is 18.7 Å². The molecule has 1 heterocycles. The first-order chi connectivity index (χ1) is 16.6. The highest BCUT2D eigenvalue weighted by atomic mass is 16.5. The molecule has 0 fully saturated rings. The molecule has 0 unspecified atom stereocenters. The van der Waals surface area contributed by atoms with Gasteiger partial charge in [-0.3, -0.25) is 4.79 Å². The Morgan fingerprint density at radius 3 is 2.09 bits per heavy atom. The third-order valence-corrected chi connectivity index (χ3v) is 6.01. The predicted octanol–water partition coefficient (Wildman–Crippen LogP) is 6.99. The van der Waals surface area contributed by atoms with Crippen LogP contribution in [0.3, 0.4) is 0 Å². The van der Waals surface area contributed by atoms with E-state index in [1.54, 1.807) is 38.1 Å². The van der Waals surface area contributed by atoms with Crippen molar-refractivity contribution in [2.24, 2.45) is 0 Å². The monoisotopic (exact) mass is 470 g/mol. The number of rotatable bonds is 5. The van der Waals surface area contributed by atoms with Gasteiger partial charge >= 0.3 is 5.97 Å². The quantitative estimate of drug-likeness (QED) is 0.294. The SMILES string of the molecule is CCOc1ccc(-c2cc(OC(=O)c3ccc(C(C)(C)C)cc3)c3c(C)oc(C)c3c(=O)c2)cc1. The lowest BCUT2D eigenvalue weighted by Crippen LogP contribution is -2.13. The van der Waals surface area contributed by atoms with Gasteiger partial charge in [0.15, 0.2) is 5.43 Å². The third kappa shape index (κ3) is 4.99. The van der Waals surface area contributed by atoms with Crippen LogP contribution in [-0.4, -0.2) is 12.6 Å². The number of fused-ring (bicyclic) bond motifs is 1. The lowest BCUT2D eigenvalue weighted by Gasteiger charge is -2.18. The van der Waals surface area contributed by atoms with E-state index in [4.69, 9.17) is 13.9 Å². The van der Waals surface area contributed by atoms with Gasteiger partial charge in [-0.1, -0.05) is 45.0 Å². The van der Waals surface area contributed by atoms with Gasteiger partial charge in [-0.25, -0.2) is 4.79 Å². The predicted molar refractivity (Wildman–Crippen MR) is 139 cm³/mol. The Morgan fingerprint density at radius 1 is 0.857 bits per heavy atom. The molecule has 1 aromatic heterocycles. The Kier molecular flexibility index (Phi) is 6.53. The Hall–Kier alpha value is -3.86. The molecule has 180 valence electrons. The third-order valence-electron chi connectivity index (χ3n) is 6.01. The molecule has 4 rings (SSSR count). The summed E-state index contributed by atoms with van der Waals surface area (Å²) in [6.45, 7) is 12.4. The van der Waals surface area contributed by atoms with E-state index in [0.29, 0.717) is 40.0 Å². The molecular weight excluding hydrogens is 440 g/mol. The van der Waals surface area contributed by atoms with Gasteiger partial charge in [-0.05, 0) is 79.3 Å². The van der Waals surface area contributed by atoms with Gasteiger partial charge in [0.05, 0.1) is 22.9 Å². The van der Waals surface area contributed by atoms with Gasteiger partial charge < -0.3 is 13.9 Å². The fraction of sp³-hybridized carbons (Fsp3) is 0.267. The topological polar surface area (TPSA) is 65.7 Å². The van der Waals surface area contributed by atoms with Crippen LogP contribution in [0.15, 0.2) is 69.9 Å². The smallest absolute Gasteiger partial charge is 0.343 e. The largest absolute Gasteiger partial charge is 0.494 e.